The second kappa shape index (κ2) is 7.32. The number of halogens is 1. The molecule has 0 aliphatic carbocycles. The number of aromatic nitrogens is 3. The van der Waals surface area contributed by atoms with E-state index in [0.717, 1.165) is 11.4 Å². The van der Waals surface area contributed by atoms with Gasteiger partial charge in [-0.1, -0.05) is 35.9 Å². The van der Waals surface area contributed by atoms with E-state index >= 15 is 0 Å². The molecule has 2 aromatic heterocycles. The average Bonchev–Trinajstić information content (AvgIpc) is 3.09. The van der Waals surface area contributed by atoms with Crippen molar-refractivity contribution in [3.05, 3.63) is 82.8 Å². The maximum absolute atomic E-state index is 12.9. The second-order valence-electron chi connectivity index (χ2n) is 6.32. The Labute approximate surface area is 166 Å². The van der Waals surface area contributed by atoms with Crippen LogP contribution in [-0.2, 0) is 0 Å². The first-order valence-corrected chi connectivity index (χ1v) is 9.05. The topological polar surface area (TPSA) is 68.5 Å². The van der Waals surface area contributed by atoms with Crippen LogP contribution in [0.1, 0.15) is 21.7 Å². The van der Waals surface area contributed by atoms with Crippen molar-refractivity contribution < 1.29 is 9.53 Å². The number of ether oxygens (including phenoxy) is 1. The Bertz CT molecular complexity index is 1190. The molecule has 0 radical (unpaired) electrons. The lowest BCUT2D eigenvalue weighted by Crippen LogP contribution is -2.13. The minimum Gasteiger partial charge on any atom is -0.454 e. The van der Waals surface area contributed by atoms with Gasteiger partial charge in [-0.2, -0.15) is 5.10 Å². The molecular formula is C21H17ClN4O2. The molecule has 140 valence electrons. The van der Waals surface area contributed by atoms with Crippen LogP contribution in [0.25, 0.3) is 5.65 Å². The fourth-order valence-electron chi connectivity index (χ4n) is 2.93. The summed E-state index contributed by atoms with van der Waals surface area (Å²) in [4.78, 5) is 17.3. The van der Waals surface area contributed by atoms with Gasteiger partial charge in [-0.3, -0.25) is 4.79 Å². The largest absolute Gasteiger partial charge is 0.454 e. The predicted octanol–water partition coefficient (Wildman–Crippen LogP) is 5.04. The van der Waals surface area contributed by atoms with E-state index in [1.165, 1.54) is 6.20 Å². The van der Waals surface area contributed by atoms with Gasteiger partial charge in [-0.25, -0.2) is 9.50 Å². The SMILES string of the molecule is Cc1cc(C)n2ncc(C(=O)Nc3ccccc3Oc3ccccc3Cl)c2n1. The molecule has 1 N–H and O–H groups in total. The van der Waals surface area contributed by atoms with Crippen LogP contribution in [-0.4, -0.2) is 20.5 Å². The summed E-state index contributed by atoms with van der Waals surface area (Å²) in [5, 5.41) is 7.64. The van der Waals surface area contributed by atoms with Gasteiger partial charge in [0.1, 0.15) is 11.3 Å². The van der Waals surface area contributed by atoms with Gasteiger partial charge in [0.2, 0.25) is 0 Å². The zero-order valence-corrected chi connectivity index (χ0v) is 16.1. The van der Waals surface area contributed by atoms with Crippen LogP contribution in [0, 0.1) is 13.8 Å². The molecule has 4 rings (SSSR count). The molecule has 2 heterocycles. The van der Waals surface area contributed by atoms with E-state index in [9.17, 15) is 4.79 Å². The summed E-state index contributed by atoms with van der Waals surface area (Å²) < 4.78 is 7.55. The Kier molecular flexibility index (Phi) is 4.71. The van der Waals surface area contributed by atoms with Crippen molar-refractivity contribution in [2.75, 3.05) is 5.32 Å². The predicted molar refractivity (Wildman–Crippen MR) is 108 cm³/mol. The van der Waals surface area contributed by atoms with E-state index in [4.69, 9.17) is 16.3 Å². The number of benzene rings is 2. The maximum atomic E-state index is 12.9. The average molecular weight is 393 g/mol. The van der Waals surface area contributed by atoms with E-state index < -0.39 is 0 Å². The number of carbonyl (C=O) groups excluding carboxylic acids is 1. The lowest BCUT2D eigenvalue weighted by atomic mass is 10.2. The van der Waals surface area contributed by atoms with Crippen LogP contribution in [0.15, 0.2) is 60.8 Å². The number of nitrogens with one attached hydrogen (secondary N) is 1. The first-order chi connectivity index (χ1) is 13.5. The Morgan fingerprint density at radius 1 is 1.07 bits per heavy atom. The third-order valence-electron chi connectivity index (χ3n) is 4.21. The Hall–Kier alpha value is -3.38. The van der Waals surface area contributed by atoms with Crippen LogP contribution in [0.3, 0.4) is 0 Å². The molecule has 0 fully saturated rings. The van der Waals surface area contributed by atoms with Crippen molar-refractivity contribution in [1.29, 1.82) is 0 Å². The summed E-state index contributed by atoms with van der Waals surface area (Å²) in [7, 11) is 0. The molecule has 0 aliphatic heterocycles. The van der Waals surface area contributed by atoms with Crippen LogP contribution in [0.4, 0.5) is 5.69 Å². The highest BCUT2D eigenvalue weighted by Crippen LogP contribution is 2.33. The number of nitrogens with zero attached hydrogens (tertiary/aromatic N) is 3. The molecule has 0 saturated carbocycles. The minimum atomic E-state index is -0.317. The van der Waals surface area contributed by atoms with Gasteiger partial charge in [0, 0.05) is 11.4 Å². The zero-order valence-electron chi connectivity index (χ0n) is 15.3. The molecule has 0 atom stereocenters. The highest BCUT2D eigenvalue weighted by molar-refractivity contribution is 6.32. The van der Waals surface area contributed by atoms with Crippen molar-refractivity contribution in [2.24, 2.45) is 0 Å². The molecule has 6 nitrogen and oxygen atoms in total. The molecule has 2 aromatic carbocycles. The van der Waals surface area contributed by atoms with Crippen LogP contribution < -0.4 is 10.1 Å². The summed E-state index contributed by atoms with van der Waals surface area (Å²) in [6.45, 7) is 3.80. The van der Waals surface area contributed by atoms with E-state index in [2.05, 4.69) is 15.4 Å². The number of rotatable bonds is 4. The number of fused-ring (bicyclic) bond motifs is 1. The molecule has 0 unspecified atom stereocenters. The molecular weight excluding hydrogens is 376 g/mol. The molecule has 28 heavy (non-hydrogen) atoms. The highest BCUT2D eigenvalue weighted by atomic mass is 35.5. The summed E-state index contributed by atoms with van der Waals surface area (Å²) in [5.41, 5.74) is 3.15. The third kappa shape index (κ3) is 3.42. The van der Waals surface area contributed by atoms with Crippen molar-refractivity contribution in [1.82, 2.24) is 14.6 Å². The van der Waals surface area contributed by atoms with Crippen molar-refractivity contribution in [3.8, 4) is 11.5 Å². The standard InChI is InChI=1S/C21H17ClN4O2/c1-13-11-14(2)26-20(24-13)15(12-23-26)21(27)25-17-8-4-6-10-19(17)28-18-9-5-3-7-16(18)22/h3-12H,1-2H3,(H,25,27). The van der Waals surface area contributed by atoms with Gasteiger partial charge in [0.05, 0.1) is 16.9 Å². The molecule has 1 amide bonds. The summed E-state index contributed by atoms with van der Waals surface area (Å²) >= 11 is 6.18. The summed E-state index contributed by atoms with van der Waals surface area (Å²) in [5.74, 6) is 0.679. The fourth-order valence-corrected chi connectivity index (χ4v) is 3.10. The zero-order chi connectivity index (χ0) is 19.7. The van der Waals surface area contributed by atoms with E-state index in [0.29, 0.717) is 33.4 Å². The van der Waals surface area contributed by atoms with Gasteiger partial charge in [0.25, 0.3) is 5.91 Å². The number of aryl methyl sites for hydroxylation is 2. The molecule has 7 heteroatoms. The Balaban J connectivity index is 1.65. The van der Waals surface area contributed by atoms with Crippen molar-refractivity contribution in [3.63, 3.8) is 0 Å². The molecule has 0 spiro atoms. The third-order valence-corrected chi connectivity index (χ3v) is 4.53. The van der Waals surface area contributed by atoms with Gasteiger partial charge in [-0.15, -0.1) is 0 Å². The lowest BCUT2D eigenvalue weighted by molar-refractivity contribution is 0.102. The first-order valence-electron chi connectivity index (χ1n) is 8.67. The summed E-state index contributed by atoms with van der Waals surface area (Å²) in [6, 6.07) is 16.2. The fraction of sp³-hybridized carbons (Fsp3) is 0.0952. The number of hydrogen-bond acceptors (Lipinski definition) is 4. The highest BCUT2D eigenvalue weighted by Gasteiger charge is 2.17. The van der Waals surface area contributed by atoms with Gasteiger partial charge < -0.3 is 10.1 Å². The Morgan fingerprint density at radius 2 is 1.79 bits per heavy atom. The van der Waals surface area contributed by atoms with Crippen molar-refractivity contribution in [2.45, 2.75) is 13.8 Å². The van der Waals surface area contributed by atoms with Crippen LogP contribution >= 0.6 is 11.6 Å². The number of anilines is 1. The second-order valence-corrected chi connectivity index (χ2v) is 6.72. The first kappa shape index (κ1) is 18.0. The molecule has 4 aromatic rings. The number of para-hydroxylation sites is 3. The monoisotopic (exact) mass is 392 g/mol. The van der Waals surface area contributed by atoms with Gasteiger partial charge >= 0.3 is 0 Å². The smallest absolute Gasteiger partial charge is 0.261 e. The molecule has 0 bridgehead atoms. The molecule has 0 aliphatic rings. The van der Waals surface area contributed by atoms with Gasteiger partial charge in [0.15, 0.2) is 11.4 Å². The maximum Gasteiger partial charge on any atom is 0.261 e. The van der Waals surface area contributed by atoms with Gasteiger partial charge in [-0.05, 0) is 44.2 Å². The molecule has 0 saturated heterocycles. The number of carbonyl (C=O) groups is 1. The van der Waals surface area contributed by atoms with Crippen LogP contribution in [0.2, 0.25) is 5.02 Å². The van der Waals surface area contributed by atoms with E-state index in [1.807, 2.05) is 44.2 Å². The number of hydrogen-bond donors (Lipinski definition) is 1. The summed E-state index contributed by atoms with van der Waals surface area (Å²) in [6.07, 6.45) is 1.52. The quantitative estimate of drug-likeness (QED) is 0.528. The Morgan fingerprint density at radius 3 is 2.57 bits per heavy atom. The lowest BCUT2D eigenvalue weighted by Gasteiger charge is -2.12. The van der Waals surface area contributed by atoms with Crippen LogP contribution in [0.5, 0.6) is 11.5 Å². The van der Waals surface area contributed by atoms with Crippen molar-refractivity contribution >= 4 is 28.8 Å². The number of amides is 1. The van der Waals surface area contributed by atoms with E-state index in [-0.39, 0.29) is 5.91 Å². The minimum absolute atomic E-state index is 0.317. The normalized spacial score (nSPS) is 10.8. The van der Waals surface area contributed by atoms with E-state index in [1.54, 1.807) is 28.8 Å².